The molecule has 0 spiro atoms. The lowest BCUT2D eigenvalue weighted by Gasteiger charge is -2.38. The van der Waals surface area contributed by atoms with Crippen LogP contribution in [0.25, 0.3) is 21.3 Å². The van der Waals surface area contributed by atoms with Gasteiger partial charge in [-0.05, 0) is 86.3 Å². The summed E-state index contributed by atoms with van der Waals surface area (Å²) >= 11 is 1.59. The van der Waals surface area contributed by atoms with Crippen LogP contribution >= 0.6 is 11.3 Å². The molecular weight excluding hydrogens is 625 g/mol. The summed E-state index contributed by atoms with van der Waals surface area (Å²) in [6, 6.07) is 11.7. The molecule has 3 aromatic heterocycles. The summed E-state index contributed by atoms with van der Waals surface area (Å²) in [6.45, 7) is 13.2. The van der Waals surface area contributed by atoms with Crippen LogP contribution in [0.5, 0.6) is 0 Å². The standard InChI is InChI=1S/C37H42N6O4S/c1-36(2,3)23-12-32(45)43(40-16-23)19-26-14-31-34(48-26)27(7-8-39-31)29-9-21(15-38)10-30-28-11-22(28)17-41(33(29)30)24-13-25(20-44)42(18-24)35(46)47-37(4,5)6/h7-10,12,14,16,22,24-25,28,44H,11,13,17-20H2,1-6H3/t22-,24-,25+,28-/m0/s1. The summed E-state index contributed by atoms with van der Waals surface area (Å²) in [6.07, 6.45) is 4.85. The number of ether oxygens (including phenoxy) is 1. The van der Waals surface area contributed by atoms with Crippen LogP contribution < -0.4 is 10.5 Å². The maximum absolute atomic E-state index is 13.2. The molecule has 250 valence electrons. The third-order valence-electron chi connectivity index (χ3n) is 9.78. The normalized spacial score (nSPS) is 22.0. The first-order valence-corrected chi connectivity index (χ1v) is 17.5. The number of hydrogen-bond acceptors (Lipinski definition) is 9. The van der Waals surface area contributed by atoms with Gasteiger partial charge >= 0.3 is 6.09 Å². The van der Waals surface area contributed by atoms with Crippen molar-refractivity contribution in [1.29, 1.82) is 5.26 Å². The first-order chi connectivity index (χ1) is 22.7. The van der Waals surface area contributed by atoms with Crippen molar-refractivity contribution in [3.8, 4) is 17.2 Å². The van der Waals surface area contributed by atoms with E-state index in [4.69, 9.17) is 9.72 Å². The molecule has 10 nitrogen and oxygen atoms in total. The number of anilines is 1. The number of thiophene rings is 1. The molecule has 1 saturated heterocycles. The van der Waals surface area contributed by atoms with Crippen LogP contribution in [0.2, 0.25) is 0 Å². The molecule has 4 atom stereocenters. The number of aliphatic hydroxyl groups excluding tert-OH is 1. The van der Waals surface area contributed by atoms with E-state index in [0.29, 0.717) is 36.9 Å². The zero-order chi connectivity index (χ0) is 34.1. The van der Waals surface area contributed by atoms with Crippen molar-refractivity contribution in [2.45, 2.75) is 89.9 Å². The second kappa shape index (κ2) is 11.7. The number of hydrogen-bond donors (Lipinski definition) is 1. The van der Waals surface area contributed by atoms with Crippen LogP contribution in [0.1, 0.15) is 81.9 Å². The highest BCUT2D eigenvalue weighted by molar-refractivity contribution is 7.19. The summed E-state index contributed by atoms with van der Waals surface area (Å²) in [5.41, 5.74) is 5.61. The monoisotopic (exact) mass is 666 g/mol. The van der Waals surface area contributed by atoms with E-state index in [1.165, 1.54) is 10.2 Å². The molecule has 0 unspecified atom stereocenters. The van der Waals surface area contributed by atoms with E-state index in [1.807, 2.05) is 45.0 Å². The number of amides is 1. The molecule has 4 aromatic rings. The SMILES string of the molecule is CC(C)(C)OC(=O)N1C[C@@H](N2C[C@@H]3C[C@@H]3c3cc(C#N)cc(-c4ccnc5cc(Cn6ncc(C(C)(C)C)cc6=O)sc45)c32)C[C@@H]1CO. The molecule has 1 aliphatic carbocycles. The number of pyridine rings is 1. The zero-order valence-corrected chi connectivity index (χ0v) is 29.2. The average Bonchev–Trinajstić information content (AvgIpc) is 3.49. The average molecular weight is 667 g/mol. The summed E-state index contributed by atoms with van der Waals surface area (Å²) in [5.74, 6) is 0.884. The van der Waals surface area contributed by atoms with E-state index in [0.717, 1.165) is 50.4 Å². The topological polar surface area (TPSA) is 125 Å². The molecule has 3 aliphatic rings. The molecule has 1 saturated carbocycles. The Morgan fingerprint density at radius 3 is 2.58 bits per heavy atom. The molecular formula is C37H42N6O4S. The minimum Gasteiger partial charge on any atom is -0.444 e. The van der Waals surface area contributed by atoms with Crippen molar-refractivity contribution in [2.24, 2.45) is 5.92 Å². The number of aliphatic hydroxyl groups is 1. The zero-order valence-electron chi connectivity index (χ0n) is 28.4. The molecule has 1 amide bonds. The molecule has 1 aromatic carbocycles. The van der Waals surface area contributed by atoms with Gasteiger partial charge < -0.3 is 19.6 Å². The number of fused-ring (bicyclic) bond motifs is 4. The van der Waals surface area contributed by atoms with Gasteiger partial charge in [-0.25, -0.2) is 9.48 Å². The van der Waals surface area contributed by atoms with E-state index in [9.17, 15) is 20.0 Å². The van der Waals surface area contributed by atoms with Gasteiger partial charge in [0.15, 0.2) is 0 Å². The molecule has 7 rings (SSSR count). The van der Waals surface area contributed by atoms with E-state index < -0.39 is 11.7 Å². The van der Waals surface area contributed by atoms with Gasteiger partial charge in [0.25, 0.3) is 5.56 Å². The number of aromatic nitrogens is 3. The van der Waals surface area contributed by atoms with E-state index in [-0.39, 0.29) is 29.7 Å². The van der Waals surface area contributed by atoms with Crippen LogP contribution in [0.3, 0.4) is 0 Å². The lowest BCUT2D eigenvalue weighted by Crippen LogP contribution is -2.44. The predicted octanol–water partition coefficient (Wildman–Crippen LogP) is 6.03. The Kier molecular flexibility index (Phi) is 7.87. The fourth-order valence-electron chi connectivity index (χ4n) is 7.26. The van der Waals surface area contributed by atoms with Gasteiger partial charge in [0.05, 0.1) is 47.2 Å². The van der Waals surface area contributed by atoms with E-state index >= 15 is 0 Å². The number of carbonyl (C=O) groups is 1. The molecule has 48 heavy (non-hydrogen) atoms. The molecule has 0 radical (unpaired) electrons. The van der Waals surface area contributed by atoms with Crippen molar-refractivity contribution in [3.05, 3.63) is 74.6 Å². The maximum Gasteiger partial charge on any atom is 0.410 e. The maximum atomic E-state index is 13.2. The van der Waals surface area contributed by atoms with Crippen molar-refractivity contribution < 1.29 is 14.6 Å². The number of carbonyl (C=O) groups excluding carboxylic acids is 1. The van der Waals surface area contributed by atoms with E-state index in [1.54, 1.807) is 34.7 Å². The van der Waals surface area contributed by atoms with Crippen LogP contribution in [-0.4, -0.2) is 68.2 Å². The van der Waals surface area contributed by atoms with Crippen molar-refractivity contribution in [2.75, 3.05) is 24.6 Å². The fraction of sp³-hybridized carbons (Fsp3) is 0.486. The van der Waals surface area contributed by atoms with Gasteiger partial charge in [0.1, 0.15) is 5.60 Å². The number of nitrogens with zero attached hydrogens (tertiary/aromatic N) is 6. The summed E-state index contributed by atoms with van der Waals surface area (Å²) in [5, 5.41) is 24.9. The largest absolute Gasteiger partial charge is 0.444 e. The van der Waals surface area contributed by atoms with Crippen molar-refractivity contribution in [3.63, 3.8) is 0 Å². The number of benzene rings is 1. The summed E-state index contributed by atoms with van der Waals surface area (Å²) < 4.78 is 8.19. The highest BCUT2D eigenvalue weighted by Gasteiger charge is 2.50. The smallest absolute Gasteiger partial charge is 0.410 e. The molecule has 11 heteroatoms. The minimum absolute atomic E-state index is 0.0214. The number of nitriles is 1. The van der Waals surface area contributed by atoms with Gasteiger partial charge in [0, 0.05) is 53.1 Å². The molecule has 1 N–H and O–H groups in total. The van der Waals surface area contributed by atoms with Crippen LogP contribution in [0, 0.1) is 17.2 Å². The van der Waals surface area contributed by atoms with Crippen LogP contribution in [-0.2, 0) is 16.7 Å². The molecule has 2 aliphatic heterocycles. The molecule has 0 bridgehead atoms. The first kappa shape index (κ1) is 32.3. The Balaban J connectivity index is 1.28. The summed E-state index contributed by atoms with van der Waals surface area (Å²) in [4.78, 5) is 36.0. The molecule has 5 heterocycles. The van der Waals surface area contributed by atoms with Crippen molar-refractivity contribution >= 4 is 33.3 Å². The van der Waals surface area contributed by atoms with Crippen LogP contribution in [0.4, 0.5) is 10.5 Å². The highest BCUT2D eigenvalue weighted by Crippen LogP contribution is 2.58. The van der Waals surface area contributed by atoms with Gasteiger partial charge in [-0.2, -0.15) is 10.4 Å². The van der Waals surface area contributed by atoms with E-state index in [2.05, 4.69) is 36.8 Å². The number of rotatable bonds is 5. The Hall–Kier alpha value is -4.27. The Bertz CT molecular complexity index is 2020. The predicted molar refractivity (Wildman–Crippen MR) is 186 cm³/mol. The quantitative estimate of drug-likeness (QED) is 0.274. The van der Waals surface area contributed by atoms with Gasteiger partial charge in [-0.15, -0.1) is 11.3 Å². The molecule has 2 fully saturated rings. The van der Waals surface area contributed by atoms with Gasteiger partial charge in [0.2, 0.25) is 0 Å². The third-order valence-corrected chi connectivity index (χ3v) is 10.9. The third kappa shape index (κ3) is 5.96. The van der Waals surface area contributed by atoms with Gasteiger partial charge in [-0.3, -0.25) is 9.78 Å². The Labute approximate surface area is 284 Å². The fourth-order valence-corrected chi connectivity index (χ4v) is 8.38. The minimum atomic E-state index is -0.638. The Morgan fingerprint density at radius 1 is 1.10 bits per heavy atom. The summed E-state index contributed by atoms with van der Waals surface area (Å²) in [7, 11) is 0. The van der Waals surface area contributed by atoms with Crippen molar-refractivity contribution in [1.82, 2.24) is 19.7 Å². The first-order valence-electron chi connectivity index (χ1n) is 16.6. The highest BCUT2D eigenvalue weighted by atomic mass is 32.1. The Morgan fingerprint density at radius 2 is 1.90 bits per heavy atom. The lowest BCUT2D eigenvalue weighted by atomic mass is 9.89. The second-order valence-electron chi connectivity index (χ2n) is 15.5. The van der Waals surface area contributed by atoms with Gasteiger partial charge in [-0.1, -0.05) is 20.8 Å². The second-order valence-corrected chi connectivity index (χ2v) is 16.6. The number of likely N-dealkylation sites (tertiary alicyclic amines) is 1. The lowest BCUT2D eigenvalue weighted by molar-refractivity contribution is 0.0174. The van der Waals surface area contributed by atoms with Crippen LogP contribution in [0.15, 0.2) is 47.5 Å².